The Morgan fingerprint density at radius 1 is 1.20 bits per heavy atom. The molecule has 20 heavy (non-hydrogen) atoms. The van der Waals surface area contributed by atoms with Gasteiger partial charge in [-0.3, -0.25) is 0 Å². The summed E-state index contributed by atoms with van der Waals surface area (Å²) in [6.45, 7) is 1.05. The highest BCUT2D eigenvalue weighted by Gasteiger charge is 2.16. The summed E-state index contributed by atoms with van der Waals surface area (Å²) in [6, 6.07) is 6.76. The number of benzene rings is 1. The third-order valence-corrected chi connectivity index (χ3v) is 5.55. The summed E-state index contributed by atoms with van der Waals surface area (Å²) in [7, 11) is -0.313. The minimum atomic E-state index is -3.35. The molecule has 0 unspecified atom stereocenters. The van der Waals surface area contributed by atoms with Gasteiger partial charge in [-0.25, -0.2) is 12.7 Å². The van der Waals surface area contributed by atoms with Gasteiger partial charge in [0.15, 0.2) is 0 Å². The molecule has 0 heterocycles. The average Bonchev–Trinajstić information content (AvgIpc) is 2.43. The number of hydrogen-bond donors (Lipinski definition) is 2. The van der Waals surface area contributed by atoms with Crippen molar-refractivity contribution in [3.8, 4) is 0 Å². The van der Waals surface area contributed by atoms with Gasteiger partial charge >= 0.3 is 0 Å². The van der Waals surface area contributed by atoms with Gasteiger partial charge in [-0.15, -0.1) is 0 Å². The Labute approximate surface area is 125 Å². The zero-order valence-electron chi connectivity index (χ0n) is 11.9. The van der Waals surface area contributed by atoms with Crippen LogP contribution in [0.1, 0.15) is 6.42 Å². The fraction of sp³-hybridized carbons (Fsp3) is 0.538. The molecule has 0 amide bonds. The Morgan fingerprint density at radius 2 is 1.85 bits per heavy atom. The van der Waals surface area contributed by atoms with Crippen LogP contribution < -0.4 is 5.32 Å². The van der Waals surface area contributed by atoms with Crippen molar-refractivity contribution in [2.45, 2.75) is 11.3 Å². The highest BCUT2D eigenvalue weighted by Crippen LogP contribution is 2.16. The fourth-order valence-electron chi connectivity index (χ4n) is 1.49. The lowest BCUT2D eigenvalue weighted by Crippen LogP contribution is -2.22. The molecule has 1 aromatic rings. The van der Waals surface area contributed by atoms with Crippen molar-refractivity contribution in [3.63, 3.8) is 0 Å². The molecule has 0 saturated heterocycles. The van der Waals surface area contributed by atoms with Gasteiger partial charge in [-0.05, 0) is 36.4 Å². The molecule has 1 rings (SSSR count). The smallest absolute Gasteiger partial charge is 0.242 e. The van der Waals surface area contributed by atoms with Crippen LogP contribution in [-0.4, -0.2) is 56.6 Å². The normalized spacial score (nSPS) is 11.8. The number of sulfonamides is 1. The van der Waals surface area contributed by atoms with Crippen LogP contribution in [0.4, 0.5) is 5.69 Å². The van der Waals surface area contributed by atoms with E-state index in [0.29, 0.717) is 4.90 Å². The van der Waals surface area contributed by atoms with Crippen LogP contribution in [0.2, 0.25) is 0 Å². The summed E-state index contributed by atoms with van der Waals surface area (Å²) in [5.74, 6) is 1.91. The maximum Gasteiger partial charge on any atom is 0.242 e. The molecule has 0 aromatic heterocycles. The molecule has 7 heteroatoms. The summed E-state index contributed by atoms with van der Waals surface area (Å²) in [5.41, 5.74) is 0.908. The molecule has 0 spiro atoms. The largest absolute Gasteiger partial charge is 0.396 e. The molecular weight excluding hydrogens is 296 g/mol. The maximum absolute atomic E-state index is 11.9. The van der Waals surface area contributed by atoms with E-state index in [1.165, 1.54) is 18.4 Å². The summed E-state index contributed by atoms with van der Waals surface area (Å²) in [6.07, 6.45) is 0.821. The molecule has 0 atom stereocenters. The van der Waals surface area contributed by atoms with Crippen molar-refractivity contribution in [1.29, 1.82) is 0 Å². The van der Waals surface area contributed by atoms with Gasteiger partial charge in [0.05, 0.1) is 4.90 Å². The number of nitrogens with one attached hydrogen (secondary N) is 1. The van der Waals surface area contributed by atoms with Crippen molar-refractivity contribution in [1.82, 2.24) is 4.31 Å². The van der Waals surface area contributed by atoms with E-state index in [9.17, 15) is 8.42 Å². The van der Waals surface area contributed by atoms with Crippen LogP contribution in [0.5, 0.6) is 0 Å². The quantitative estimate of drug-likeness (QED) is 0.675. The van der Waals surface area contributed by atoms with E-state index in [-0.39, 0.29) is 6.61 Å². The van der Waals surface area contributed by atoms with Crippen molar-refractivity contribution in [2.24, 2.45) is 0 Å². The SMILES string of the molecule is CN(C)S(=O)(=O)c1ccc(NCCSCCCO)cc1. The molecule has 0 aliphatic heterocycles. The maximum atomic E-state index is 11.9. The zero-order valence-corrected chi connectivity index (χ0v) is 13.5. The molecule has 0 fully saturated rings. The van der Waals surface area contributed by atoms with E-state index in [4.69, 9.17) is 5.11 Å². The molecule has 0 radical (unpaired) electrons. The summed E-state index contributed by atoms with van der Waals surface area (Å²) in [4.78, 5) is 0.297. The fourth-order valence-corrected chi connectivity index (χ4v) is 3.18. The van der Waals surface area contributed by atoms with Gasteiger partial charge in [-0.2, -0.15) is 11.8 Å². The van der Waals surface area contributed by atoms with Crippen molar-refractivity contribution in [2.75, 3.05) is 44.1 Å². The molecule has 2 N–H and O–H groups in total. The van der Waals surface area contributed by atoms with Crippen LogP contribution in [0.15, 0.2) is 29.2 Å². The number of aliphatic hydroxyl groups excluding tert-OH is 1. The predicted molar refractivity (Wildman–Crippen MR) is 84.8 cm³/mol. The van der Waals surface area contributed by atoms with Gasteiger partial charge in [-0.1, -0.05) is 0 Å². The molecule has 114 valence electrons. The Kier molecular flexibility index (Phi) is 7.36. The number of hydrogen-bond acceptors (Lipinski definition) is 5. The van der Waals surface area contributed by atoms with Crippen LogP contribution in [-0.2, 0) is 10.0 Å². The number of nitrogens with zero attached hydrogens (tertiary/aromatic N) is 1. The standard InChI is InChI=1S/C13H22N2O3S2/c1-15(2)20(17,18)13-6-4-12(5-7-13)14-8-11-19-10-3-9-16/h4-7,14,16H,3,8-11H2,1-2H3. The van der Waals surface area contributed by atoms with Crippen molar-refractivity contribution >= 4 is 27.5 Å². The summed E-state index contributed by atoms with van der Waals surface area (Å²) >= 11 is 1.78. The van der Waals surface area contributed by atoms with Crippen LogP contribution >= 0.6 is 11.8 Å². The van der Waals surface area contributed by atoms with Gasteiger partial charge < -0.3 is 10.4 Å². The molecule has 1 aromatic carbocycles. The minimum Gasteiger partial charge on any atom is -0.396 e. The second-order valence-electron chi connectivity index (χ2n) is 4.43. The Balaban J connectivity index is 2.44. The van der Waals surface area contributed by atoms with Crippen LogP contribution in [0.25, 0.3) is 0 Å². The first-order valence-electron chi connectivity index (χ1n) is 6.43. The van der Waals surface area contributed by atoms with Crippen molar-refractivity contribution in [3.05, 3.63) is 24.3 Å². The highest BCUT2D eigenvalue weighted by atomic mass is 32.2. The second-order valence-corrected chi connectivity index (χ2v) is 7.80. The third-order valence-electron chi connectivity index (χ3n) is 2.66. The number of rotatable bonds is 9. The average molecular weight is 318 g/mol. The van der Waals surface area contributed by atoms with Crippen LogP contribution in [0, 0.1) is 0 Å². The molecule has 5 nitrogen and oxygen atoms in total. The summed E-state index contributed by atoms with van der Waals surface area (Å²) in [5, 5.41) is 11.9. The van der Waals surface area contributed by atoms with Crippen molar-refractivity contribution < 1.29 is 13.5 Å². The molecule has 0 aliphatic rings. The first-order valence-corrected chi connectivity index (χ1v) is 9.03. The Hall–Kier alpha value is -0.760. The third kappa shape index (κ3) is 5.32. The van der Waals surface area contributed by atoms with Gasteiger partial charge in [0.1, 0.15) is 0 Å². The van der Waals surface area contributed by atoms with E-state index in [2.05, 4.69) is 5.32 Å². The van der Waals surface area contributed by atoms with E-state index in [1.54, 1.807) is 36.0 Å². The highest BCUT2D eigenvalue weighted by molar-refractivity contribution is 7.99. The molecular formula is C13H22N2O3S2. The van der Waals surface area contributed by atoms with E-state index < -0.39 is 10.0 Å². The van der Waals surface area contributed by atoms with E-state index in [0.717, 1.165) is 30.2 Å². The number of anilines is 1. The molecule has 0 aliphatic carbocycles. The lowest BCUT2D eigenvalue weighted by molar-refractivity contribution is 0.296. The lowest BCUT2D eigenvalue weighted by Gasteiger charge is -2.12. The first kappa shape index (κ1) is 17.3. The van der Waals surface area contributed by atoms with Crippen LogP contribution in [0.3, 0.4) is 0 Å². The first-order chi connectivity index (χ1) is 9.48. The van der Waals surface area contributed by atoms with Gasteiger partial charge in [0.2, 0.25) is 10.0 Å². The molecule has 0 saturated carbocycles. The number of aliphatic hydroxyl groups is 1. The Morgan fingerprint density at radius 3 is 2.40 bits per heavy atom. The van der Waals surface area contributed by atoms with Gasteiger partial charge in [0, 0.05) is 38.7 Å². The minimum absolute atomic E-state index is 0.238. The molecule has 0 bridgehead atoms. The lowest BCUT2D eigenvalue weighted by atomic mass is 10.3. The predicted octanol–water partition coefficient (Wildman–Crippen LogP) is 1.46. The summed E-state index contributed by atoms with van der Waals surface area (Å²) < 4.78 is 25.0. The topological polar surface area (TPSA) is 69.6 Å². The van der Waals surface area contributed by atoms with E-state index >= 15 is 0 Å². The number of thioether (sulfide) groups is 1. The Bertz CT molecular complexity index is 487. The monoisotopic (exact) mass is 318 g/mol. The van der Waals surface area contributed by atoms with E-state index in [1.807, 2.05) is 0 Å². The van der Waals surface area contributed by atoms with Gasteiger partial charge in [0.25, 0.3) is 0 Å². The second kappa shape index (κ2) is 8.51. The zero-order chi connectivity index (χ0) is 15.0.